The standard InChI is InChI=1S/C27H37N5O5/c1-27(2,3)32(21(16-28)15-20-11-7-13-29-24(20)34)23(33)17-30-25(35)22-12-8-14-31(22)26(36)37-18-19-9-5-4-6-10-19/h4-6,9-10,20-22H,7-8,11-15,17-18H2,1-3H3,(H,29,34)(H,30,35)/t20-,21-,22?/m0/s1. The van der Waals surface area contributed by atoms with Crippen molar-refractivity contribution in [3.05, 3.63) is 35.9 Å². The van der Waals surface area contributed by atoms with Gasteiger partial charge in [-0.1, -0.05) is 30.3 Å². The van der Waals surface area contributed by atoms with Crippen molar-refractivity contribution < 1.29 is 23.9 Å². The number of nitrogens with one attached hydrogen (secondary N) is 2. The molecule has 0 saturated carbocycles. The Bertz CT molecular complexity index is 1020. The van der Waals surface area contributed by atoms with Crippen molar-refractivity contribution in [2.45, 2.75) is 77.1 Å². The van der Waals surface area contributed by atoms with Gasteiger partial charge in [0.05, 0.1) is 12.6 Å². The van der Waals surface area contributed by atoms with E-state index in [1.807, 2.05) is 51.1 Å². The highest BCUT2D eigenvalue weighted by Crippen LogP contribution is 2.25. The van der Waals surface area contributed by atoms with Crippen molar-refractivity contribution >= 4 is 23.8 Å². The van der Waals surface area contributed by atoms with Crippen molar-refractivity contribution in [1.82, 2.24) is 20.4 Å². The smallest absolute Gasteiger partial charge is 0.410 e. The van der Waals surface area contributed by atoms with Crippen LogP contribution in [-0.2, 0) is 25.7 Å². The molecule has 2 N–H and O–H groups in total. The highest BCUT2D eigenvalue weighted by atomic mass is 16.6. The van der Waals surface area contributed by atoms with Gasteiger partial charge < -0.3 is 20.3 Å². The molecule has 37 heavy (non-hydrogen) atoms. The van der Waals surface area contributed by atoms with Crippen LogP contribution in [0.2, 0.25) is 0 Å². The first-order chi connectivity index (χ1) is 17.6. The molecule has 0 aliphatic carbocycles. The number of nitrogens with zero attached hydrogens (tertiary/aromatic N) is 3. The van der Waals surface area contributed by atoms with E-state index in [9.17, 15) is 24.4 Å². The Morgan fingerprint density at radius 1 is 1.22 bits per heavy atom. The minimum Gasteiger partial charge on any atom is -0.445 e. The van der Waals surface area contributed by atoms with Crippen LogP contribution in [0.5, 0.6) is 0 Å². The number of likely N-dealkylation sites (tertiary alicyclic amines) is 1. The van der Waals surface area contributed by atoms with Crippen LogP contribution in [0, 0.1) is 17.2 Å². The summed E-state index contributed by atoms with van der Waals surface area (Å²) in [6, 6.07) is 9.94. The van der Waals surface area contributed by atoms with Gasteiger partial charge in [-0.25, -0.2) is 4.79 Å². The Balaban J connectivity index is 1.59. The lowest BCUT2D eigenvalue weighted by atomic mass is 9.89. The first-order valence-corrected chi connectivity index (χ1v) is 12.9. The molecule has 2 fully saturated rings. The van der Waals surface area contributed by atoms with Crippen LogP contribution in [-0.4, -0.2) is 70.9 Å². The van der Waals surface area contributed by atoms with Crippen molar-refractivity contribution in [2.24, 2.45) is 5.92 Å². The summed E-state index contributed by atoms with van der Waals surface area (Å²) in [5.74, 6) is -1.28. The topological polar surface area (TPSA) is 132 Å². The third kappa shape index (κ3) is 7.44. The van der Waals surface area contributed by atoms with E-state index in [-0.39, 0.29) is 31.4 Å². The number of ether oxygens (including phenoxy) is 1. The summed E-state index contributed by atoms with van der Waals surface area (Å²) in [6.07, 6.45) is 2.30. The van der Waals surface area contributed by atoms with Gasteiger partial charge in [0.2, 0.25) is 17.7 Å². The minimum absolute atomic E-state index is 0.0958. The van der Waals surface area contributed by atoms with Gasteiger partial charge in [-0.15, -0.1) is 0 Å². The minimum atomic E-state index is -0.811. The highest BCUT2D eigenvalue weighted by molar-refractivity contribution is 5.90. The zero-order valence-electron chi connectivity index (χ0n) is 21.9. The molecule has 0 spiro atoms. The molecular formula is C27H37N5O5. The summed E-state index contributed by atoms with van der Waals surface area (Å²) in [7, 11) is 0. The number of carbonyl (C=O) groups excluding carboxylic acids is 4. The van der Waals surface area contributed by atoms with E-state index in [1.54, 1.807) is 0 Å². The molecule has 2 saturated heterocycles. The summed E-state index contributed by atoms with van der Waals surface area (Å²) in [5, 5.41) is 15.4. The molecule has 10 heteroatoms. The maximum absolute atomic E-state index is 13.3. The molecule has 0 bridgehead atoms. The number of piperidine rings is 1. The van der Waals surface area contributed by atoms with E-state index in [0.29, 0.717) is 32.4 Å². The maximum atomic E-state index is 13.3. The largest absolute Gasteiger partial charge is 0.445 e. The van der Waals surface area contributed by atoms with Crippen LogP contribution < -0.4 is 10.6 Å². The van der Waals surface area contributed by atoms with E-state index < -0.39 is 35.5 Å². The predicted molar refractivity (Wildman–Crippen MR) is 136 cm³/mol. The number of benzene rings is 1. The molecule has 3 atom stereocenters. The van der Waals surface area contributed by atoms with Crippen molar-refractivity contribution in [3.8, 4) is 6.07 Å². The zero-order valence-corrected chi connectivity index (χ0v) is 21.9. The van der Waals surface area contributed by atoms with Crippen LogP contribution in [0.15, 0.2) is 30.3 Å². The molecule has 1 aromatic carbocycles. The average molecular weight is 512 g/mol. The summed E-state index contributed by atoms with van der Waals surface area (Å²) in [4.78, 5) is 53.9. The summed E-state index contributed by atoms with van der Waals surface area (Å²) < 4.78 is 5.39. The number of hydrogen-bond donors (Lipinski definition) is 2. The molecule has 2 heterocycles. The molecule has 2 aliphatic heterocycles. The third-order valence-corrected chi connectivity index (χ3v) is 6.77. The molecule has 2 aliphatic rings. The number of carbonyl (C=O) groups is 4. The Morgan fingerprint density at radius 3 is 2.59 bits per heavy atom. The summed E-state index contributed by atoms with van der Waals surface area (Å²) >= 11 is 0. The van der Waals surface area contributed by atoms with Gasteiger partial charge >= 0.3 is 6.09 Å². The Hall–Kier alpha value is -3.61. The van der Waals surface area contributed by atoms with Crippen molar-refractivity contribution in [3.63, 3.8) is 0 Å². The van der Waals surface area contributed by atoms with Crippen LogP contribution >= 0.6 is 0 Å². The number of rotatable bonds is 8. The van der Waals surface area contributed by atoms with Crippen LogP contribution in [0.3, 0.4) is 0 Å². The van der Waals surface area contributed by atoms with Crippen LogP contribution in [0.25, 0.3) is 0 Å². The van der Waals surface area contributed by atoms with Gasteiger partial charge in [-0.05, 0) is 58.4 Å². The Morgan fingerprint density at radius 2 is 1.95 bits per heavy atom. The van der Waals surface area contributed by atoms with E-state index in [2.05, 4.69) is 16.7 Å². The molecule has 0 aromatic heterocycles. The van der Waals surface area contributed by atoms with Crippen molar-refractivity contribution in [1.29, 1.82) is 5.26 Å². The van der Waals surface area contributed by atoms with E-state index >= 15 is 0 Å². The van der Waals surface area contributed by atoms with Gasteiger partial charge in [0, 0.05) is 24.5 Å². The third-order valence-electron chi connectivity index (χ3n) is 6.77. The van der Waals surface area contributed by atoms with Gasteiger partial charge in [0.15, 0.2) is 0 Å². The maximum Gasteiger partial charge on any atom is 0.410 e. The Kier molecular flexibility index (Phi) is 9.50. The SMILES string of the molecule is CC(C)(C)N(C(=O)CNC(=O)C1CCCN1C(=O)OCc1ccccc1)[C@H](C#N)C[C@@H]1CCCNC1=O. The second kappa shape index (κ2) is 12.6. The van der Waals surface area contributed by atoms with Gasteiger partial charge in [0.1, 0.15) is 18.7 Å². The second-order valence-electron chi connectivity index (χ2n) is 10.6. The summed E-state index contributed by atoms with van der Waals surface area (Å²) in [5.41, 5.74) is 0.148. The lowest BCUT2D eigenvalue weighted by Crippen LogP contribution is -2.56. The fourth-order valence-electron chi connectivity index (χ4n) is 4.99. The van der Waals surface area contributed by atoms with Gasteiger partial charge in [0.25, 0.3) is 0 Å². The summed E-state index contributed by atoms with van der Waals surface area (Å²) in [6.45, 7) is 6.28. The molecular weight excluding hydrogens is 474 g/mol. The first-order valence-electron chi connectivity index (χ1n) is 12.9. The van der Waals surface area contributed by atoms with Crippen LogP contribution in [0.4, 0.5) is 4.79 Å². The zero-order chi connectivity index (χ0) is 27.0. The first kappa shape index (κ1) is 28.0. The quantitative estimate of drug-likeness (QED) is 0.551. The monoisotopic (exact) mass is 511 g/mol. The van der Waals surface area contributed by atoms with Crippen LogP contribution in [0.1, 0.15) is 58.4 Å². The normalized spacial score (nSPS) is 20.4. The van der Waals surface area contributed by atoms with Gasteiger partial charge in [-0.3, -0.25) is 19.3 Å². The molecule has 200 valence electrons. The predicted octanol–water partition coefficient (Wildman–Crippen LogP) is 2.34. The molecule has 10 nitrogen and oxygen atoms in total. The number of nitriles is 1. The van der Waals surface area contributed by atoms with E-state index in [4.69, 9.17) is 4.74 Å². The van der Waals surface area contributed by atoms with Gasteiger partial charge in [-0.2, -0.15) is 5.26 Å². The number of amides is 4. The molecule has 0 radical (unpaired) electrons. The van der Waals surface area contributed by atoms with Crippen molar-refractivity contribution in [2.75, 3.05) is 19.6 Å². The molecule has 3 rings (SSSR count). The lowest BCUT2D eigenvalue weighted by Gasteiger charge is -2.40. The highest BCUT2D eigenvalue weighted by Gasteiger charge is 2.38. The molecule has 1 aromatic rings. The Labute approximate surface area is 218 Å². The fourth-order valence-corrected chi connectivity index (χ4v) is 4.99. The lowest BCUT2D eigenvalue weighted by molar-refractivity contribution is -0.140. The average Bonchev–Trinajstić information content (AvgIpc) is 3.37. The van der Waals surface area contributed by atoms with E-state index in [0.717, 1.165) is 12.0 Å². The molecule has 4 amide bonds. The fraction of sp³-hybridized carbons (Fsp3) is 0.593. The number of hydrogen-bond acceptors (Lipinski definition) is 6. The molecule has 1 unspecified atom stereocenters. The van der Waals surface area contributed by atoms with E-state index in [1.165, 1.54) is 9.80 Å². The second-order valence-corrected chi connectivity index (χ2v) is 10.6.